The summed E-state index contributed by atoms with van der Waals surface area (Å²) in [5.74, 6) is 0. The Morgan fingerprint density at radius 3 is 2.44 bits per heavy atom. The molecular weight excluding hydrogens is 240 g/mol. The van der Waals surface area contributed by atoms with E-state index in [1.165, 1.54) is 4.88 Å². The van der Waals surface area contributed by atoms with E-state index in [1.54, 1.807) is 0 Å². The second kappa shape index (κ2) is 7.27. The zero-order chi connectivity index (χ0) is 13.6. The topological polar surface area (TPSA) is 29.3 Å². The molecule has 2 N–H and O–H groups in total. The Morgan fingerprint density at radius 2 is 2.00 bits per heavy atom. The van der Waals surface area contributed by atoms with E-state index in [1.807, 2.05) is 11.3 Å². The smallest absolute Gasteiger partial charge is 0.0329 e. The van der Waals surface area contributed by atoms with Crippen LogP contribution in [-0.2, 0) is 6.42 Å². The molecule has 2 nitrogen and oxygen atoms in total. The van der Waals surface area contributed by atoms with Crippen LogP contribution in [0.5, 0.6) is 0 Å². The first-order chi connectivity index (χ1) is 8.58. The Labute approximate surface area is 116 Å². The minimum atomic E-state index is 0.126. The first kappa shape index (κ1) is 15.7. The molecule has 3 heteroatoms. The summed E-state index contributed by atoms with van der Waals surface area (Å²) in [6.45, 7) is 11.2. The Morgan fingerprint density at radius 1 is 1.33 bits per heavy atom. The molecule has 0 aliphatic heterocycles. The molecule has 0 aliphatic carbocycles. The van der Waals surface area contributed by atoms with Crippen LogP contribution in [0.15, 0.2) is 17.5 Å². The molecule has 0 fully saturated rings. The van der Waals surface area contributed by atoms with Gasteiger partial charge in [0.05, 0.1) is 0 Å². The van der Waals surface area contributed by atoms with Gasteiger partial charge in [-0.2, -0.15) is 0 Å². The van der Waals surface area contributed by atoms with Gasteiger partial charge in [0.15, 0.2) is 0 Å². The van der Waals surface area contributed by atoms with E-state index in [4.69, 9.17) is 5.73 Å². The van der Waals surface area contributed by atoms with Crippen LogP contribution in [0.1, 0.15) is 45.4 Å². The molecule has 104 valence electrons. The molecule has 1 aromatic heterocycles. The van der Waals surface area contributed by atoms with Gasteiger partial charge in [-0.05, 0) is 50.7 Å². The number of nitrogens with two attached hydrogens (primary N) is 1. The molecule has 2 atom stereocenters. The predicted molar refractivity (Wildman–Crippen MR) is 82.2 cm³/mol. The van der Waals surface area contributed by atoms with Crippen LogP contribution in [0.3, 0.4) is 0 Å². The zero-order valence-corrected chi connectivity index (χ0v) is 13.1. The molecule has 0 amide bonds. The normalized spacial score (nSPS) is 16.8. The standard InChI is InChI=1S/C15H28N2S/c1-5-15(4,17(6-2)7-3)14(16)11-10-13-9-8-12-18-13/h8-9,12,14H,5-7,10-11,16H2,1-4H3. The minimum absolute atomic E-state index is 0.126. The third kappa shape index (κ3) is 3.56. The van der Waals surface area contributed by atoms with E-state index < -0.39 is 0 Å². The summed E-state index contributed by atoms with van der Waals surface area (Å²) in [6.07, 6.45) is 3.29. The first-order valence-corrected chi connectivity index (χ1v) is 7.99. The molecule has 18 heavy (non-hydrogen) atoms. The number of aryl methyl sites for hydroxylation is 1. The Bertz CT molecular complexity index is 319. The Kier molecular flexibility index (Phi) is 6.33. The van der Waals surface area contributed by atoms with Gasteiger partial charge >= 0.3 is 0 Å². The summed E-state index contributed by atoms with van der Waals surface area (Å²) in [4.78, 5) is 3.95. The van der Waals surface area contributed by atoms with Gasteiger partial charge in [0, 0.05) is 16.5 Å². The lowest BCUT2D eigenvalue weighted by Gasteiger charge is -2.44. The number of rotatable bonds is 8. The third-order valence-electron chi connectivity index (χ3n) is 4.28. The molecule has 0 saturated heterocycles. The van der Waals surface area contributed by atoms with Crippen molar-refractivity contribution < 1.29 is 0 Å². The highest BCUT2D eigenvalue weighted by molar-refractivity contribution is 7.09. The molecule has 2 unspecified atom stereocenters. The van der Waals surface area contributed by atoms with Crippen molar-refractivity contribution in [1.29, 1.82) is 0 Å². The van der Waals surface area contributed by atoms with Crippen LogP contribution in [0.2, 0.25) is 0 Å². The molecule has 0 aliphatic rings. The third-order valence-corrected chi connectivity index (χ3v) is 5.22. The van der Waals surface area contributed by atoms with E-state index in [-0.39, 0.29) is 11.6 Å². The maximum absolute atomic E-state index is 6.49. The molecule has 1 aromatic rings. The molecule has 0 spiro atoms. The summed E-state index contributed by atoms with van der Waals surface area (Å²) < 4.78 is 0. The van der Waals surface area contributed by atoms with Gasteiger partial charge < -0.3 is 5.73 Å². The first-order valence-electron chi connectivity index (χ1n) is 7.11. The van der Waals surface area contributed by atoms with Crippen LogP contribution in [0, 0.1) is 0 Å². The van der Waals surface area contributed by atoms with Crippen LogP contribution in [0.4, 0.5) is 0 Å². The van der Waals surface area contributed by atoms with Crippen LogP contribution >= 0.6 is 11.3 Å². The van der Waals surface area contributed by atoms with E-state index in [0.717, 1.165) is 32.4 Å². The van der Waals surface area contributed by atoms with Crippen molar-refractivity contribution in [3.63, 3.8) is 0 Å². The molecule has 1 rings (SSSR count). The van der Waals surface area contributed by atoms with Crippen molar-refractivity contribution in [2.75, 3.05) is 13.1 Å². The lowest BCUT2D eigenvalue weighted by molar-refractivity contribution is 0.0816. The van der Waals surface area contributed by atoms with Gasteiger partial charge in [0.2, 0.25) is 0 Å². The molecule has 0 bridgehead atoms. The average Bonchev–Trinajstić information content (AvgIpc) is 2.90. The lowest BCUT2D eigenvalue weighted by Crippen LogP contribution is -2.57. The molecule has 0 saturated carbocycles. The van der Waals surface area contributed by atoms with Crippen LogP contribution in [0.25, 0.3) is 0 Å². The molecular formula is C15H28N2S. The van der Waals surface area contributed by atoms with E-state index in [0.29, 0.717) is 0 Å². The second-order valence-electron chi connectivity index (χ2n) is 5.11. The summed E-state index contributed by atoms with van der Waals surface area (Å²) in [7, 11) is 0. The summed E-state index contributed by atoms with van der Waals surface area (Å²) in [6, 6.07) is 4.57. The highest BCUT2D eigenvalue weighted by Crippen LogP contribution is 2.25. The van der Waals surface area contributed by atoms with Gasteiger partial charge in [-0.25, -0.2) is 0 Å². The lowest BCUT2D eigenvalue weighted by atomic mass is 9.85. The second-order valence-corrected chi connectivity index (χ2v) is 6.14. The highest BCUT2D eigenvalue weighted by atomic mass is 32.1. The zero-order valence-electron chi connectivity index (χ0n) is 12.3. The molecule has 0 radical (unpaired) electrons. The fourth-order valence-electron chi connectivity index (χ4n) is 2.73. The van der Waals surface area contributed by atoms with Crippen molar-refractivity contribution in [3.8, 4) is 0 Å². The van der Waals surface area contributed by atoms with Crippen molar-refractivity contribution in [2.45, 2.75) is 58.5 Å². The molecule has 1 heterocycles. The van der Waals surface area contributed by atoms with Gasteiger partial charge in [0.25, 0.3) is 0 Å². The van der Waals surface area contributed by atoms with Gasteiger partial charge in [-0.1, -0.05) is 26.8 Å². The van der Waals surface area contributed by atoms with E-state index in [9.17, 15) is 0 Å². The predicted octanol–water partition coefficient (Wildman–Crippen LogP) is 3.52. The Balaban J connectivity index is 2.63. The number of hydrogen-bond acceptors (Lipinski definition) is 3. The van der Waals surface area contributed by atoms with Crippen molar-refractivity contribution >= 4 is 11.3 Å². The number of nitrogens with zero attached hydrogens (tertiary/aromatic N) is 1. The molecule has 0 aromatic carbocycles. The summed E-state index contributed by atoms with van der Waals surface area (Å²) in [5, 5.41) is 2.14. The van der Waals surface area contributed by atoms with Crippen molar-refractivity contribution in [2.24, 2.45) is 5.73 Å². The van der Waals surface area contributed by atoms with Gasteiger partial charge in [-0.3, -0.25) is 4.90 Å². The maximum atomic E-state index is 6.49. The fraction of sp³-hybridized carbons (Fsp3) is 0.733. The maximum Gasteiger partial charge on any atom is 0.0329 e. The van der Waals surface area contributed by atoms with Crippen molar-refractivity contribution in [3.05, 3.63) is 22.4 Å². The summed E-state index contributed by atoms with van der Waals surface area (Å²) in [5.41, 5.74) is 6.62. The van der Waals surface area contributed by atoms with Crippen LogP contribution < -0.4 is 5.73 Å². The number of likely N-dealkylation sites (N-methyl/N-ethyl adjacent to an activating group) is 1. The minimum Gasteiger partial charge on any atom is -0.326 e. The number of hydrogen-bond donors (Lipinski definition) is 1. The monoisotopic (exact) mass is 268 g/mol. The average molecular weight is 268 g/mol. The van der Waals surface area contributed by atoms with Gasteiger partial charge in [0.1, 0.15) is 0 Å². The Hall–Kier alpha value is -0.380. The van der Waals surface area contributed by atoms with Gasteiger partial charge in [-0.15, -0.1) is 11.3 Å². The van der Waals surface area contributed by atoms with E-state index in [2.05, 4.69) is 50.1 Å². The summed E-state index contributed by atoms with van der Waals surface area (Å²) >= 11 is 1.83. The van der Waals surface area contributed by atoms with E-state index >= 15 is 0 Å². The largest absolute Gasteiger partial charge is 0.326 e. The fourth-order valence-corrected chi connectivity index (χ4v) is 3.45. The SMILES string of the molecule is CCN(CC)C(C)(CC)C(N)CCc1cccs1. The quantitative estimate of drug-likeness (QED) is 0.781. The van der Waals surface area contributed by atoms with Crippen LogP contribution in [-0.4, -0.2) is 29.6 Å². The highest BCUT2D eigenvalue weighted by Gasteiger charge is 2.34. The number of thiophene rings is 1. The van der Waals surface area contributed by atoms with Crippen molar-refractivity contribution in [1.82, 2.24) is 4.90 Å².